The number of hydrogen-bond acceptors (Lipinski definition) is 5. The molecule has 0 saturated carbocycles. The second kappa shape index (κ2) is 6.54. The summed E-state index contributed by atoms with van der Waals surface area (Å²) in [6.45, 7) is 1.98. The number of aryl methyl sites for hydroxylation is 1. The average molecular weight is 384 g/mol. The van der Waals surface area contributed by atoms with E-state index in [2.05, 4.69) is 20.4 Å². The van der Waals surface area contributed by atoms with Crippen molar-refractivity contribution in [1.29, 1.82) is 0 Å². The van der Waals surface area contributed by atoms with Crippen molar-refractivity contribution in [2.24, 2.45) is 0 Å². The SMILES string of the molecule is [2H]C1([2H])c2ncc(F)cc2[C@@H]2CCCN2c2ccn3ncc(c3n2)C(=O)N[C@H](C)C1([2H])[2H]. The van der Waals surface area contributed by atoms with Gasteiger partial charge in [-0.3, -0.25) is 9.78 Å². The lowest BCUT2D eigenvalue weighted by atomic mass is 9.98. The van der Waals surface area contributed by atoms with Crippen molar-refractivity contribution in [2.75, 3.05) is 11.4 Å². The molecule has 0 spiro atoms. The summed E-state index contributed by atoms with van der Waals surface area (Å²) in [4.78, 5) is 23.5. The Labute approximate surface area is 167 Å². The first-order chi connectivity index (χ1) is 15.1. The Bertz CT molecular complexity index is 1230. The molecule has 0 radical (unpaired) electrons. The van der Waals surface area contributed by atoms with Crippen molar-refractivity contribution < 1.29 is 14.7 Å². The quantitative estimate of drug-likeness (QED) is 0.645. The molecule has 5 rings (SSSR count). The number of halogens is 1. The van der Waals surface area contributed by atoms with Gasteiger partial charge in [0.05, 0.1) is 18.4 Å². The molecule has 2 aliphatic heterocycles. The maximum atomic E-state index is 14.3. The van der Waals surface area contributed by atoms with Gasteiger partial charge in [-0.2, -0.15) is 5.10 Å². The van der Waals surface area contributed by atoms with Gasteiger partial charge in [0.2, 0.25) is 0 Å². The highest BCUT2D eigenvalue weighted by atomic mass is 19.1. The molecule has 1 fully saturated rings. The van der Waals surface area contributed by atoms with E-state index in [4.69, 9.17) is 5.48 Å². The molecule has 3 aromatic heterocycles. The number of hydrogen-bond donors (Lipinski definition) is 1. The largest absolute Gasteiger partial charge is 0.349 e. The predicted octanol–water partition coefficient (Wildman–Crippen LogP) is 2.67. The van der Waals surface area contributed by atoms with E-state index in [1.807, 2.05) is 4.90 Å². The Morgan fingerprint density at radius 2 is 2.29 bits per heavy atom. The summed E-state index contributed by atoms with van der Waals surface area (Å²) >= 11 is 0. The molecule has 1 saturated heterocycles. The fourth-order valence-corrected chi connectivity index (χ4v) is 3.84. The fourth-order valence-electron chi connectivity index (χ4n) is 3.84. The Hall–Kier alpha value is -3.03. The van der Waals surface area contributed by atoms with Crippen LogP contribution in [-0.2, 0) is 6.37 Å². The van der Waals surface area contributed by atoms with Crippen LogP contribution in [0.15, 0.2) is 30.7 Å². The highest BCUT2D eigenvalue weighted by molar-refractivity contribution is 5.99. The standard InChI is InChI=1S/C20H21FN6O/c1-12-4-5-16-14(9-13(21)10-22-16)17-3-2-7-26(17)18-6-8-27-19(25-18)15(11-23-27)20(28)24-12/h6,8-12,17H,2-5,7H2,1H3,(H,24,28)/t12-,17+/m1/s1/i4D2,5D2. The molecule has 2 aliphatic rings. The molecule has 3 aromatic rings. The molecule has 2 bridgehead atoms. The van der Waals surface area contributed by atoms with Gasteiger partial charge in [-0.15, -0.1) is 0 Å². The van der Waals surface area contributed by atoms with Gasteiger partial charge < -0.3 is 10.2 Å². The number of amides is 1. The number of nitrogens with one attached hydrogen (secondary N) is 1. The molecule has 0 aromatic carbocycles. The van der Waals surface area contributed by atoms with Crippen molar-refractivity contribution in [1.82, 2.24) is 24.9 Å². The molecule has 5 heterocycles. The van der Waals surface area contributed by atoms with Crippen LogP contribution in [0.5, 0.6) is 0 Å². The molecule has 8 heteroatoms. The first kappa shape index (κ1) is 13.2. The molecule has 28 heavy (non-hydrogen) atoms. The summed E-state index contributed by atoms with van der Waals surface area (Å²) in [6, 6.07) is 1.29. The Morgan fingerprint density at radius 3 is 3.18 bits per heavy atom. The van der Waals surface area contributed by atoms with Gasteiger partial charge in [0.15, 0.2) is 5.65 Å². The third-order valence-corrected chi connectivity index (χ3v) is 5.14. The van der Waals surface area contributed by atoms with E-state index >= 15 is 0 Å². The van der Waals surface area contributed by atoms with Crippen LogP contribution in [0, 0.1) is 5.82 Å². The van der Waals surface area contributed by atoms with E-state index in [1.165, 1.54) is 23.7 Å². The highest BCUT2D eigenvalue weighted by Crippen LogP contribution is 2.37. The zero-order valence-corrected chi connectivity index (χ0v) is 15.2. The van der Waals surface area contributed by atoms with Crippen LogP contribution in [-0.4, -0.2) is 38.1 Å². The number of carbonyl (C=O) groups is 1. The molecule has 1 N–H and O–H groups in total. The van der Waals surface area contributed by atoms with Gasteiger partial charge in [-0.25, -0.2) is 13.9 Å². The lowest BCUT2D eigenvalue weighted by molar-refractivity contribution is 0.0940. The average Bonchev–Trinajstić information content (AvgIpc) is 3.39. The van der Waals surface area contributed by atoms with E-state index in [1.54, 1.807) is 12.3 Å². The number of nitrogens with zero attached hydrogens (tertiary/aromatic N) is 5. The van der Waals surface area contributed by atoms with Gasteiger partial charge in [0, 0.05) is 30.0 Å². The zero-order valence-electron chi connectivity index (χ0n) is 19.2. The molecular weight excluding hydrogens is 359 g/mol. The highest BCUT2D eigenvalue weighted by Gasteiger charge is 2.31. The molecule has 0 unspecified atom stereocenters. The van der Waals surface area contributed by atoms with Gasteiger partial charge in [0.25, 0.3) is 5.91 Å². The number of pyridine rings is 1. The van der Waals surface area contributed by atoms with E-state index < -0.39 is 36.6 Å². The van der Waals surface area contributed by atoms with Gasteiger partial charge in [0.1, 0.15) is 17.2 Å². The van der Waals surface area contributed by atoms with Crippen molar-refractivity contribution in [3.05, 3.63) is 53.4 Å². The summed E-state index contributed by atoms with van der Waals surface area (Å²) in [7, 11) is 0. The number of fused-ring (bicyclic) bond motifs is 5. The Balaban J connectivity index is 1.79. The number of carbonyl (C=O) groups excluding carboxylic acids is 1. The molecule has 1 amide bonds. The summed E-state index contributed by atoms with van der Waals surface area (Å²) in [5.41, 5.74) is 0.569. The summed E-state index contributed by atoms with van der Waals surface area (Å²) in [5, 5.41) is 6.70. The van der Waals surface area contributed by atoms with E-state index in [9.17, 15) is 9.18 Å². The van der Waals surface area contributed by atoms with Crippen LogP contribution < -0.4 is 10.2 Å². The Kier molecular flexibility index (Phi) is 3.08. The van der Waals surface area contributed by atoms with Gasteiger partial charge in [-0.05, 0) is 50.2 Å². The minimum absolute atomic E-state index is 0.159. The van der Waals surface area contributed by atoms with Crippen molar-refractivity contribution in [2.45, 2.75) is 44.6 Å². The molecule has 144 valence electrons. The van der Waals surface area contributed by atoms with Crippen LogP contribution in [0.25, 0.3) is 5.65 Å². The Morgan fingerprint density at radius 1 is 1.39 bits per heavy atom. The van der Waals surface area contributed by atoms with Crippen LogP contribution in [0.3, 0.4) is 0 Å². The maximum absolute atomic E-state index is 14.3. The fraction of sp³-hybridized carbons (Fsp3) is 0.400. The summed E-state index contributed by atoms with van der Waals surface area (Å²) < 4.78 is 50.4. The lowest BCUT2D eigenvalue weighted by Gasteiger charge is -2.27. The van der Waals surface area contributed by atoms with E-state index in [0.29, 0.717) is 24.4 Å². The lowest BCUT2D eigenvalue weighted by Crippen LogP contribution is -2.33. The summed E-state index contributed by atoms with van der Waals surface area (Å²) in [6.07, 6.45) is 0.107. The number of anilines is 1. The monoisotopic (exact) mass is 384 g/mol. The smallest absolute Gasteiger partial charge is 0.256 e. The topological polar surface area (TPSA) is 75.4 Å². The summed E-state index contributed by atoms with van der Waals surface area (Å²) in [5.74, 6) is -0.693. The number of aromatic nitrogens is 4. The van der Waals surface area contributed by atoms with Crippen LogP contribution in [0.4, 0.5) is 10.2 Å². The third-order valence-electron chi connectivity index (χ3n) is 5.14. The van der Waals surface area contributed by atoms with Crippen molar-refractivity contribution >= 4 is 17.4 Å². The van der Waals surface area contributed by atoms with Crippen LogP contribution >= 0.6 is 0 Å². The normalized spacial score (nSPS) is 27.9. The molecule has 7 nitrogen and oxygen atoms in total. The van der Waals surface area contributed by atoms with Crippen molar-refractivity contribution in [3.8, 4) is 0 Å². The van der Waals surface area contributed by atoms with Gasteiger partial charge >= 0.3 is 0 Å². The van der Waals surface area contributed by atoms with Gasteiger partial charge in [-0.1, -0.05) is 0 Å². The van der Waals surface area contributed by atoms with Crippen LogP contribution in [0.1, 0.15) is 59.3 Å². The zero-order chi connectivity index (χ0) is 22.8. The van der Waals surface area contributed by atoms with E-state index in [-0.39, 0.29) is 16.8 Å². The molecule has 2 atom stereocenters. The maximum Gasteiger partial charge on any atom is 0.256 e. The molecular formula is C20H21FN6O. The van der Waals surface area contributed by atoms with E-state index in [0.717, 1.165) is 12.6 Å². The first-order valence-corrected chi connectivity index (χ1v) is 9.19. The minimum Gasteiger partial charge on any atom is -0.349 e. The van der Waals surface area contributed by atoms with Crippen LogP contribution in [0.2, 0.25) is 0 Å². The molecule has 0 aliphatic carbocycles. The minimum atomic E-state index is -2.62. The third kappa shape index (κ3) is 2.80. The second-order valence-corrected chi connectivity index (χ2v) is 7.02. The number of rotatable bonds is 0. The first-order valence-electron chi connectivity index (χ1n) is 11.2. The second-order valence-electron chi connectivity index (χ2n) is 7.02. The predicted molar refractivity (Wildman–Crippen MR) is 102 cm³/mol. The van der Waals surface area contributed by atoms with Crippen molar-refractivity contribution in [3.63, 3.8) is 0 Å².